The molecule has 2 aromatic heterocycles. The van der Waals surface area contributed by atoms with Gasteiger partial charge >= 0.3 is 0 Å². The molecule has 5 nitrogen and oxygen atoms in total. The fraction of sp³-hybridized carbons (Fsp3) is 0.238. The Bertz CT molecular complexity index is 1020. The van der Waals surface area contributed by atoms with Crippen LogP contribution >= 0.6 is 11.8 Å². The topological polar surface area (TPSA) is 55.7 Å². The van der Waals surface area contributed by atoms with Crippen LogP contribution in [0.5, 0.6) is 0 Å². The van der Waals surface area contributed by atoms with Crippen molar-refractivity contribution < 1.29 is 4.74 Å². The van der Waals surface area contributed by atoms with Gasteiger partial charge in [0.1, 0.15) is 0 Å². The van der Waals surface area contributed by atoms with Crippen LogP contribution in [0.25, 0.3) is 28.1 Å². The second kappa shape index (κ2) is 7.21. The summed E-state index contributed by atoms with van der Waals surface area (Å²) < 4.78 is 7.90. The Morgan fingerprint density at radius 3 is 2.74 bits per heavy atom. The summed E-state index contributed by atoms with van der Waals surface area (Å²) in [5.41, 5.74) is 3.13. The Morgan fingerprint density at radius 1 is 1.07 bits per heavy atom. The molecule has 27 heavy (non-hydrogen) atoms. The van der Waals surface area contributed by atoms with E-state index in [1.165, 1.54) is 5.39 Å². The number of rotatable bonds is 5. The maximum atomic E-state index is 5.77. The zero-order valence-corrected chi connectivity index (χ0v) is 15.7. The Kier molecular flexibility index (Phi) is 4.43. The zero-order valence-electron chi connectivity index (χ0n) is 14.8. The van der Waals surface area contributed by atoms with Crippen molar-refractivity contribution in [3.05, 3.63) is 60.7 Å². The molecule has 0 spiro atoms. The monoisotopic (exact) mass is 376 g/mol. The summed E-state index contributed by atoms with van der Waals surface area (Å²) in [6.45, 7) is 0.872. The van der Waals surface area contributed by atoms with Gasteiger partial charge < -0.3 is 9.72 Å². The number of fused-ring (bicyclic) bond motifs is 1. The highest BCUT2D eigenvalue weighted by molar-refractivity contribution is 7.99. The molecule has 0 bridgehead atoms. The number of hydrogen-bond donors (Lipinski definition) is 1. The number of benzene rings is 2. The zero-order chi connectivity index (χ0) is 18.1. The number of thioether (sulfide) groups is 1. The van der Waals surface area contributed by atoms with E-state index in [1.54, 1.807) is 11.8 Å². The van der Waals surface area contributed by atoms with Crippen molar-refractivity contribution in [2.45, 2.75) is 24.1 Å². The first-order chi connectivity index (χ1) is 13.4. The molecule has 0 radical (unpaired) electrons. The van der Waals surface area contributed by atoms with Crippen molar-refractivity contribution in [1.29, 1.82) is 0 Å². The van der Waals surface area contributed by atoms with Crippen LogP contribution in [-0.4, -0.2) is 38.2 Å². The van der Waals surface area contributed by atoms with Gasteiger partial charge in [0, 0.05) is 29.0 Å². The molecule has 136 valence electrons. The number of H-pyrrole nitrogens is 1. The third-order valence-electron chi connectivity index (χ3n) is 4.84. The largest absolute Gasteiger partial charge is 0.377 e. The molecule has 4 aromatic rings. The van der Waals surface area contributed by atoms with E-state index >= 15 is 0 Å². The number of aromatic nitrogens is 4. The van der Waals surface area contributed by atoms with Crippen molar-refractivity contribution in [2.75, 3.05) is 12.4 Å². The highest BCUT2D eigenvalue weighted by Crippen LogP contribution is 2.30. The molecule has 0 saturated carbocycles. The first-order valence-corrected chi connectivity index (χ1v) is 10.2. The molecule has 3 heterocycles. The number of hydrogen-bond acceptors (Lipinski definition) is 4. The predicted octanol–water partition coefficient (Wildman–Crippen LogP) is 4.69. The van der Waals surface area contributed by atoms with Crippen LogP contribution in [-0.2, 0) is 4.74 Å². The fourth-order valence-corrected chi connectivity index (χ4v) is 4.50. The SMILES string of the molecule is c1ccc(-n2c(SC[C@@H]3CCCO3)nnc2-c2cc3ccccc3[nH]2)cc1. The molecule has 5 rings (SSSR count). The van der Waals surface area contributed by atoms with Crippen LogP contribution in [0.4, 0.5) is 0 Å². The van der Waals surface area contributed by atoms with E-state index in [2.05, 4.69) is 50.1 Å². The highest BCUT2D eigenvalue weighted by atomic mass is 32.2. The molecule has 0 amide bonds. The summed E-state index contributed by atoms with van der Waals surface area (Å²) in [7, 11) is 0. The van der Waals surface area contributed by atoms with E-state index in [0.29, 0.717) is 6.10 Å². The Labute approximate surface area is 161 Å². The smallest absolute Gasteiger partial charge is 0.196 e. The molecule has 6 heteroatoms. The summed E-state index contributed by atoms with van der Waals surface area (Å²) in [5, 5.41) is 11.1. The summed E-state index contributed by atoms with van der Waals surface area (Å²) in [5.74, 6) is 1.73. The molecule has 1 atom stereocenters. The maximum Gasteiger partial charge on any atom is 0.196 e. The third-order valence-corrected chi connectivity index (χ3v) is 5.90. The summed E-state index contributed by atoms with van der Waals surface area (Å²) in [6, 6.07) is 20.7. The van der Waals surface area contributed by atoms with Gasteiger partial charge in [0.15, 0.2) is 11.0 Å². The molecule has 1 N–H and O–H groups in total. The number of ether oxygens (including phenoxy) is 1. The van der Waals surface area contributed by atoms with E-state index in [1.807, 2.05) is 30.3 Å². The van der Waals surface area contributed by atoms with Gasteiger partial charge in [-0.15, -0.1) is 10.2 Å². The lowest BCUT2D eigenvalue weighted by atomic mass is 10.2. The molecule has 1 saturated heterocycles. The molecule has 0 unspecified atom stereocenters. The van der Waals surface area contributed by atoms with Gasteiger partial charge in [0.05, 0.1) is 11.8 Å². The lowest BCUT2D eigenvalue weighted by Crippen LogP contribution is -2.09. The Morgan fingerprint density at radius 2 is 1.93 bits per heavy atom. The number of aromatic amines is 1. The molecular formula is C21H20N4OS. The second-order valence-electron chi connectivity index (χ2n) is 6.69. The number of para-hydroxylation sites is 2. The van der Waals surface area contributed by atoms with E-state index in [0.717, 1.165) is 53.1 Å². The molecular weight excluding hydrogens is 356 g/mol. The highest BCUT2D eigenvalue weighted by Gasteiger charge is 2.21. The van der Waals surface area contributed by atoms with Crippen LogP contribution in [0.3, 0.4) is 0 Å². The standard InChI is InChI=1S/C21H20N4OS/c1-2-8-16(9-3-1)25-20(19-13-15-7-4-5-11-18(15)22-19)23-24-21(25)27-14-17-10-6-12-26-17/h1-5,7-9,11,13,17,22H,6,10,12,14H2/t17-/m0/s1. The molecule has 1 aliphatic heterocycles. The van der Waals surface area contributed by atoms with Crippen molar-refractivity contribution >= 4 is 22.7 Å². The maximum absolute atomic E-state index is 5.77. The third kappa shape index (κ3) is 3.26. The van der Waals surface area contributed by atoms with Gasteiger partial charge in [0.2, 0.25) is 0 Å². The summed E-state index contributed by atoms with van der Waals surface area (Å²) in [4.78, 5) is 3.48. The summed E-state index contributed by atoms with van der Waals surface area (Å²) in [6.07, 6.45) is 2.59. The second-order valence-corrected chi connectivity index (χ2v) is 7.68. The molecule has 2 aromatic carbocycles. The quantitative estimate of drug-likeness (QED) is 0.514. The van der Waals surface area contributed by atoms with Gasteiger partial charge in [-0.3, -0.25) is 4.57 Å². The van der Waals surface area contributed by atoms with Crippen molar-refractivity contribution in [3.8, 4) is 17.2 Å². The minimum atomic E-state index is 0.312. The predicted molar refractivity (Wildman–Crippen MR) is 108 cm³/mol. The Hall–Kier alpha value is -2.57. The molecule has 0 aliphatic carbocycles. The van der Waals surface area contributed by atoms with Crippen LogP contribution in [0.2, 0.25) is 0 Å². The average Bonchev–Trinajstić information content (AvgIpc) is 3.45. The van der Waals surface area contributed by atoms with Crippen LogP contribution in [0, 0.1) is 0 Å². The first kappa shape index (κ1) is 16.6. The Balaban J connectivity index is 1.56. The van der Waals surface area contributed by atoms with Gasteiger partial charge in [-0.1, -0.05) is 48.2 Å². The van der Waals surface area contributed by atoms with Crippen LogP contribution < -0.4 is 0 Å². The number of nitrogens with zero attached hydrogens (tertiary/aromatic N) is 3. The lowest BCUT2D eigenvalue weighted by Gasteiger charge is -2.11. The minimum Gasteiger partial charge on any atom is -0.377 e. The van der Waals surface area contributed by atoms with Crippen LogP contribution in [0.15, 0.2) is 65.8 Å². The normalized spacial score (nSPS) is 17.0. The fourth-order valence-electron chi connectivity index (χ4n) is 3.48. The van der Waals surface area contributed by atoms with E-state index in [-0.39, 0.29) is 0 Å². The van der Waals surface area contributed by atoms with Crippen molar-refractivity contribution in [1.82, 2.24) is 19.7 Å². The van der Waals surface area contributed by atoms with Gasteiger partial charge in [-0.2, -0.15) is 0 Å². The van der Waals surface area contributed by atoms with Gasteiger partial charge in [-0.05, 0) is 37.1 Å². The minimum absolute atomic E-state index is 0.312. The lowest BCUT2D eigenvalue weighted by molar-refractivity contribution is 0.129. The molecule has 1 fully saturated rings. The average molecular weight is 376 g/mol. The van der Waals surface area contributed by atoms with Crippen molar-refractivity contribution in [2.24, 2.45) is 0 Å². The first-order valence-electron chi connectivity index (χ1n) is 9.22. The van der Waals surface area contributed by atoms with Crippen molar-refractivity contribution in [3.63, 3.8) is 0 Å². The van der Waals surface area contributed by atoms with E-state index in [4.69, 9.17) is 4.74 Å². The van der Waals surface area contributed by atoms with Crippen LogP contribution in [0.1, 0.15) is 12.8 Å². The van der Waals surface area contributed by atoms with E-state index < -0.39 is 0 Å². The molecule has 1 aliphatic rings. The summed E-state index contributed by atoms with van der Waals surface area (Å²) >= 11 is 1.71. The van der Waals surface area contributed by atoms with Gasteiger partial charge in [0.25, 0.3) is 0 Å². The van der Waals surface area contributed by atoms with E-state index in [9.17, 15) is 0 Å². The number of nitrogens with one attached hydrogen (secondary N) is 1. The van der Waals surface area contributed by atoms with Gasteiger partial charge in [-0.25, -0.2) is 0 Å².